The van der Waals surface area contributed by atoms with Crippen LogP contribution in [0.1, 0.15) is 12.0 Å². The average molecular weight is 269 g/mol. The van der Waals surface area contributed by atoms with Crippen LogP contribution in [0.4, 0.5) is 5.69 Å². The van der Waals surface area contributed by atoms with E-state index in [1.54, 1.807) is 4.90 Å². The van der Waals surface area contributed by atoms with Gasteiger partial charge in [-0.15, -0.1) is 0 Å². The topological polar surface area (TPSA) is 52.6 Å². The lowest BCUT2D eigenvalue weighted by Gasteiger charge is -2.34. The molecule has 0 spiro atoms. The summed E-state index contributed by atoms with van der Waals surface area (Å²) in [5.74, 6) is 0.000617. The SMILES string of the molecule is Cc1ccc(Cl)cc1N1CCNC(CCO)C1=O. The average Bonchev–Trinajstić information content (AvgIpc) is 2.35. The van der Waals surface area contributed by atoms with Crippen molar-refractivity contribution in [3.63, 3.8) is 0 Å². The van der Waals surface area contributed by atoms with Gasteiger partial charge in [-0.05, 0) is 31.0 Å². The molecule has 18 heavy (non-hydrogen) atoms. The molecule has 2 N–H and O–H groups in total. The maximum atomic E-state index is 12.3. The highest BCUT2D eigenvalue weighted by atomic mass is 35.5. The monoisotopic (exact) mass is 268 g/mol. The molecule has 0 saturated carbocycles. The first-order chi connectivity index (χ1) is 8.63. The van der Waals surface area contributed by atoms with Crippen LogP contribution in [0, 0.1) is 6.92 Å². The highest BCUT2D eigenvalue weighted by molar-refractivity contribution is 6.31. The lowest BCUT2D eigenvalue weighted by Crippen LogP contribution is -2.55. The smallest absolute Gasteiger partial charge is 0.244 e. The van der Waals surface area contributed by atoms with E-state index in [4.69, 9.17) is 16.7 Å². The summed E-state index contributed by atoms with van der Waals surface area (Å²) in [6.45, 7) is 3.32. The molecule has 1 unspecified atom stereocenters. The summed E-state index contributed by atoms with van der Waals surface area (Å²) >= 11 is 5.99. The molecule has 1 atom stereocenters. The summed E-state index contributed by atoms with van der Waals surface area (Å²) in [6.07, 6.45) is 0.439. The van der Waals surface area contributed by atoms with Crippen LogP contribution in [0.25, 0.3) is 0 Å². The van der Waals surface area contributed by atoms with Gasteiger partial charge in [-0.3, -0.25) is 4.79 Å². The Morgan fingerprint density at radius 3 is 3.06 bits per heavy atom. The molecule has 4 nitrogen and oxygen atoms in total. The third-order valence-electron chi connectivity index (χ3n) is 3.17. The number of carbonyl (C=O) groups excluding carboxylic acids is 1. The Labute approximate surface area is 112 Å². The predicted molar refractivity (Wildman–Crippen MR) is 72.0 cm³/mol. The second-order valence-electron chi connectivity index (χ2n) is 4.44. The van der Waals surface area contributed by atoms with Crippen molar-refractivity contribution in [1.29, 1.82) is 0 Å². The van der Waals surface area contributed by atoms with Gasteiger partial charge in [0.25, 0.3) is 0 Å². The number of anilines is 1. The van der Waals surface area contributed by atoms with Crippen molar-refractivity contribution >= 4 is 23.2 Å². The highest BCUT2D eigenvalue weighted by Crippen LogP contribution is 2.26. The number of hydrogen-bond acceptors (Lipinski definition) is 3. The molecule has 98 valence electrons. The summed E-state index contributed by atoms with van der Waals surface area (Å²) in [5, 5.41) is 12.7. The van der Waals surface area contributed by atoms with E-state index in [2.05, 4.69) is 5.32 Å². The van der Waals surface area contributed by atoms with Gasteiger partial charge < -0.3 is 15.3 Å². The van der Waals surface area contributed by atoms with E-state index >= 15 is 0 Å². The summed E-state index contributed by atoms with van der Waals surface area (Å²) in [5.41, 5.74) is 1.88. The number of hydrogen-bond donors (Lipinski definition) is 2. The van der Waals surface area contributed by atoms with Gasteiger partial charge in [-0.1, -0.05) is 17.7 Å². The standard InChI is InChI=1S/C13H17ClN2O2/c1-9-2-3-10(14)8-12(9)16-6-5-15-11(4-7-17)13(16)18/h2-3,8,11,15,17H,4-7H2,1H3. The van der Waals surface area contributed by atoms with Gasteiger partial charge in [0.15, 0.2) is 0 Å². The molecule has 1 aliphatic heterocycles. The second-order valence-corrected chi connectivity index (χ2v) is 4.88. The van der Waals surface area contributed by atoms with Crippen LogP contribution in [0.3, 0.4) is 0 Å². The van der Waals surface area contributed by atoms with E-state index in [9.17, 15) is 4.79 Å². The van der Waals surface area contributed by atoms with Gasteiger partial charge >= 0.3 is 0 Å². The maximum absolute atomic E-state index is 12.3. The van der Waals surface area contributed by atoms with Crippen LogP contribution in [0.2, 0.25) is 5.02 Å². The maximum Gasteiger partial charge on any atom is 0.244 e. The summed E-state index contributed by atoms with van der Waals surface area (Å²) in [7, 11) is 0. The molecule has 1 heterocycles. The normalized spacial score (nSPS) is 20.3. The van der Waals surface area contributed by atoms with Gasteiger partial charge in [0, 0.05) is 30.4 Å². The van der Waals surface area contributed by atoms with Crippen LogP contribution < -0.4 is 10.2 Å². The zero-order chi connectivity index (χ0) is 13.1. The summed E-state index contributed by atoms with van der Waals surface area (Å²) in [6, 6.07) is 5.24. The largest absolute Gasteiger partial charge is 0.396 e. The van der Waals surface area contributed by atoms with Crippen LogP contribution in [0.15, 0.2) is 18.2 Å². The number of halogens is 1. The van der Waals surface area contributed by atoms with Crippen molar-refractivity contribution in [3.8, 4) is 0 Å². The molecular weight excluding hydrogens is 252 g/mol. The fraction of sp³-hybridized carbons (Fsp3) is 0.462. The molecule has 0 radical (unpaired) electrons. The molecule has 1 aromatic rings. The Balaban J connectivity index is 2.26. The molecule has 1 amide bonds. The van der Waals surface area contributed by atoms with E-state index < -0.39 is 0 Å². The minimum atomic E-state index is -0.304. The first-order valence-corrected chi connectivity index (χ1v) is 6.43. The van der Waals surface area contributed by atoms with Crippen molar-refractivity contribution in [3.05, 3.63) is 28.8 Å². The second kappa shape index (κ2) is 5.69. The number of benzene rings is 1. The molecule has 0 aromatic heterocycles. The molecule has 0 bridgehead atoms. The Kier molecular flexibility index (Phi) is 4.22. The minimum absolute atomic E-state index is 0.000617. The number of nitrogens with zero attached hydrogens (tertiary/aromatic N) is 1. The first kappa shape index (κ1) is 13.3. The number of nitrogens with one attached hydrogen (secondary N) is 1. The van der Waals surface area contributed by atoms with Gasteiger partial charge in [0.1, 0.15) is 0 Å². The van der Waals surface area contributed by atoms with E-state index in [1.807, 2.05) is 25.1 Å². The van der Waals surface area contributed by atoms with Crippen molar-refractivity contribution in [2.45, 2.75) is 19.4 Å². The Hall–Kier alpha value is -1.10. The number of aryl methyl sites for hydroxylation is 1. The van der Waals surface area contributed by atoms with Crippen molar-refractivity contribution in [2.75, 3.05) is 24.6 Å². The Morgan fingerprint density at radius 2 is 2.33 bits per heavy atom. The highest BCUT2D eigenvalue weighted by Gasteiger charge is 2.29. The quantitative estimate of drug-likeness (QED) is 0.870. The van der Waals surface area contributed by atoms with E-state index in [1.165, 1.54) is 0 Å². The third-order valence-corrected chi connectivity index (χ3v) is 3.41. The third kappa shape index (κ3) is 2.66. The molecule has 1 fully saturated rings. The number of piperazine rings is 1. The number of rotatable bonds is 3. The number of aliphatic hydroxyl groups is 1. The molecule has 1 aromatic carbocycles. The van der Waals surface area contributed by atoms with Crippen LogP contribution >= 0.6 is 11.6 Å². The first-order valence-electron chi connectivity index (χ1n) is 6.05. The van der Waals surface area contributed by atoms with Crippen molar-refractivity contribution in [2.24, 2.45) is 0 Å². The van der Waals surface area contributed by atoms with Gasteiger partial charge in [-0.2, -0.15) is 0 Å². The van der Waals surface area contributed by atoms with E-state index in [-0.39, 0.29) is 18.6 Å². The molecule has 1 saturated heterocycles. The molecule has 5 heteroatoms. The number of amides is 1. The van der Waals surface area contributed by atoms with Gasteiger partial charge in [0.05, 0.1) is 6.04 Å². The van der Waals surface area contributed by atoms with Gasteiger partial charge in [0.2, 0.25) is 5.91 Å². The molecule has 2 rings (SSSR count). The number of carbonyl (C=O) groups is 1. The lowest BCUT2D eigenvalue weighted by molar-refractivity contribution is -0.122. The molecular formula is C13H17ClN2O2. The van der Waals surface area contributed by atoms with Crippen molar-refractivity contribution in [1.82, 2.24) is 5.32 Å². The minimum Gasteiger partial charge on any atom is -0.396 e. The predicted octanol–water partition coefficient (Wildman–Crippen LogP) is 1.34. The lowest BCUT2D eigenvalue weighted by atomic mass is 10.1. The fourth-order valence-electron chi connectivity index (χ4n) is 2.20. The zero-order valence-corrected chi connectivity index (χ0v) is 11.1. The van der Waals surface area contributed by atoms with Crippen LogP contribution in [0.5, 0.6) is 0 Å². The zero-order valence-electron chi connectivity index (χ0n) is 10.3. The van der Waals surface area contributed by atoms with Crippen LogP contribution in [-0.4, -0.2) is 36.8 Å². The number of aliphatic hydroxyl groups excluding tert-OH is 1. The molecule has 0 aliphatic carbocycles. The Morgan fingerprint density at radius 1 is 1.56 bits per heavy atom. The van der Waals surface area contributed by atoms with E-state index in [0.717, 1.165) is 17.8 Å². The summed E-state index contributed by atoms with van der Waals surface area (Å²) < 4.78 is 0. The molecule has 1 aliphatic rings. The summed E-state index contributed by atoms with van der Waals surface area (Å²) in [4.78, 5) is 14.0. The van der Waals surface area contributed by atoms with E-state index in [0.29, 0.717) is 18.0 Å². The Bertz CT molecular complexity index is 449. The van der Waals surface area contributed by atoms with Crippen molar-refractivity contribution < 1.29 is 9.90 Å². The van der Waals surface area contributed by atoms with Gasteiger partial charge in [-0.25, -0.2) is 0 Å². The van der Waals surface area contributed by atoms with Crippen LogP contribution in [-0.2, 0) is 4.79 Å². The fourth-order valence-corrected chi connectivity index (χ4v) is 2.37.